The molecule has 0 saturated carbocycles. The monoisotopic (exact) mass is 343 g/mol. The Morgan fingerprint density at radius 1 is 1.24 bits per heavy atom. The van der Waals surface area contributed by atoms with Gasteiger partial charge >= 0.3 is 0 Å². The molecule has 0 unspecified atom stereocenters. The average molecular weight is 343 g/mol. The molecule has 2 aromatic rings. The lowest BCUT2D eigenvalue weighted by molar-refractivity contribution is -0.892. The number of piperazine rings is 1. The van der Waals surface area contributed by atoms with Crippen LogP contribution in [0.3, 0.4) is 0 Å². The van der Waals surface area contributed by atoms with Gasteiger partial charge in [-0.25, -0.2) is 9.97 Å². The largest absolute Gasteiger partial charge is 0.330 e. The van der Waals surface area contributed by atoms with E-state index in [0.29, 0.717) is 18.2 Å². The molecule has 1 aliphatic heterocycles. The van der Waals surface area contributed by atoms with Crippen molar-refractivity contribution in [3.05, 3.63) is 52.8 Å². The topological polar surface area (TPSA) is 106 Å². The molecule has 0 aliphatic carbocycles. The predicted molar refractivity (Wildman–Crippen MR) is 91.5 cm³/mol. The molecule has 1 aromatic carbocycles. The summed E-state index contributed by atoms with van der Waals surface area (Å²) in [4.78, 5) is 34.2. The molecule has 130 valence electrons. The fourth-order valence-corrected chi connectivity index (χ4v) is 2.78. The summed E-state index contributed by atoms with van der Waals surface area (Å²) in [6, 6.07) is 7.73. The molecule has 3 rings (SSSR count). The number of nitro groups is 1. The lowest BCUT2D eigenvalue weighted by Crippen LogP contribution is -3.15. The van der Waals surface area contributed by atoms with Crippen LogP contribution >= 0.6 is 0 Å². The number of amides is 1. The van der Waals surface area contributed by atoms with Crippen molar-refractivity contribution in [2.75, 3.05) is 42.9 Å². The minimum atomic E-state index is -0.480. The lowest BCUT2D eigenvalue weighted by Gasteiger charge is -2.31. The number of aromatic nitrogens is 2. The van der Waals surface area contributed by atoms with Gasteiger partial charge in [0.2, 0.25) is 5.95 Å². The van der Waals surface area contributed by atoms with Crippen molar-refractivity contribution >= 4 is 23.2 Å². The average Bonchev–Trinajstić information content (AvgIpc) is 2.63. The van der Waals surface area contributed by atoms with Gasteiger partial charge in [0.05, 0.1) is 31.1 Å². The standard InChI is InChI=1S/C16H18N6O3/c23-15(19-13-3-1-4-14(11-13)22(24)25)12-20-7-9-21(10-8-20)16-17-5-2-6-18-16/h1-6,11H,7-10,12H2,(H,19,23)/p+1. The van der Waals surface area contributed by atoms with E-state index in [1.165, 1.54) is 12.1 Å². The molecular formula is C16H19N6O3+. The highest BCUT2D eigenvalue weighted by atomic mass is 16.6. The normalized spacial score (nSPS) is 15.0. The number of hydrogen-bond donors (Lipinski definition) is 2. The lowest BCUT2D eigenvalue weighted by atomic mass is 10.2. The van der Waals surface area contributed by atoms with Crippen LogP contribution in [0.4, 0.5) is 17.3 Å². The third-order valence-electron chi connectivity index (χ3n) is 4.06. The second-order valence-corrected chi connectivity index (χ2v) is 5.82. The van der Waals surface area contributed by atoms with Crippen LogP contribution in [0.2, 0.25) is 0 Å². The molecule has 0 bridgehead atoms. The zero-order valence-corrected chi connectivity index (χ0v) is 13.6. The van der Waals surface area contributed by atoms with Crippen molar-refractivity contribution in [2.24, 2.45) is 0 Å². The van der Waals surface area contributed by atoms with E-state index in [9.17, 15) is 14.9 Å². The SMILES string of the molecule is O=C(C[NH+]1CCN(c2ncccn2)CC1)Nc1cccc([N+](=O)[O-])c1. The van der Waals surface area contributed by atoms with Gasteiger partial charge in [-0.05, 0) is 12.1 Å². The van der Waals surface area contributed by atoms with E-state index in [-0.39, 0.29) is 11.6 Å². The Hall–Kier alpha value is -3.07. The maximum atomic E-state index is 12.2. The molecule has 25 heavy (non-hydrogen) atoms. The van der Waals surface area contributed by atoms with Gasteiger partial charge in [0.1, 0.15) is 0 Å². The van der Waals surface area contributed by atoms with E-state index in [0.717, 1.165) is 31.1 Å². The van der Waals surface area contributed by atoms with Crippen LogP contribution in [-0.2, 0) is 4.79 Å². The van der Waals surface area contributed by atoms with Crippen LogP contribution in [0.1, 0.15) is 0 Å². The van der Waals surface area contributed by atoms with Crippen LogP contribution < -0.4 is 15.1 Å². The number of non-ortho nitro benzene ring substituents is 1. The first kappa shape index (κ1) is 16.8. The van der Waals surface area contributed by atoms with Gasteiger partial charge in [0.25, 0.3) is 11.6 Å². The number of nitrogens with zero attached hydrogens (tertiary/aromatic N) is 4. The van der Waals surface area contributed by atoms with Crippen molar-refractivity contribution in [2.45, 2.75) is 0 Å². The third kappa shape index (κ3) is 4.48. The van der Waals surface area contributed by atoms with Crippen LogP contribution in [0, 0.1) is 10.1 Å². The number of quaternary nitrogens is 1. The summed E-state index contributed by atoms with van der Waals surface area (Å²) in [7, 11) is 0. The maximum absolute atomic E-state index is 12.2. The minimum Gasteiger partial charge on any atom is -0.330 e. The van der Waals surface area contributed by atoms with Crippen LogP contribution in [0.15, 0.2) is 42.7 Å². The second kappa shape index (κ2) is 7.67. The van der Waals surface area contributed by atoms with Crippen LogP contribution in [0.25, 0.3) is 0 Å². The molecule has 9 heteroatoms. The predicted octanol–water partition coefficient (Wildman–Crippen LogP) is -0.272. The molecule has 2 N–H and O–H groups in total. The smallest absolute Gasteiger partial charge is 0.279 e. The molecule has 1 saturated heterocycles. The molecule has 0 atom stereocenters. The maximum Gasteiger partial charge on any atom is 0.279 e. The number of benzene rings is 1. The fraction of sp³-hybridized carbons (Fsp3) is 0.312. The summed E-state index contributed by atoms with van der Waals surface area (Å²) in [5.74, 6) is 0.558. The van der Waals surface area contributed by atoms with Crippen molar-refractivity contribution in [3.8, 4) is 0 Å². The summed E-state index contributed by atoms with van der Waals surface area (Å²) < 4.78 is 0. The zero-order chi connectivity index (χ0) is 17.6. The van der Waals surface area contributed by atoms with E-state index >= 15 is 0 Å². The molecule has 9 nitrogen and oxygen atoms in total. The van der Waals surface area contributed by atoms with Gasteiger partial charge in [-0.15, -0.1) is 0 Å². The first-order valence-corrected chi connectivity index (χ1v) is 8.01. The number of carbonyl (C=O) groups is 1. The van der Waals surface area contributed by atoms with Crippen molar-refractivity contribution in [3.63, 3.8) is 0 Å². The zero-order valence-electron chi connectivity index (χ0n) is 13.6. The van der Waals surface area contributed by atoms with Gasteiger partial charge in [0.15, 0.2) is 6.54 Å². The Labute approximate surface area is 144 Å². The van der Waals surface area contributed by atoms with Crippen molar-refractivity contribution in [1.29, 1.82) is 0 Å². The first-order valence-electron chi connectivity index (χ1n) is 8.01. The highest BCUT2D eigenvalue weighted by Gasteiger charge is 2.23. The minimum absolute atomic E-state index is 0.0402. The quantitative estimate of drug-likeness (QED) is 0.572. The van der Waals surface area contributed by atoms with Crippen molar-refractivity contribution in [1.82, 2.24) is 9.97 Å². The molecule has 1 aromatic heterocycles. The molecule has 0 radical (unpaired) electrons. The van der Waals surface area contributed by atoms with Gasteiger partial charge in [-0.2, -0.15) is 0 Å². The van der Waals surface area contributed by atoms with Gasteiger partial charge in [-0.1, -0.05) is 6.07 Å². The summed E-state index contributed by atoms with van der Waals surface area (Å²) in [5, 5.41) is 13.5. The Kier molecular flexibility index (Phi) is 5.14. The Balaban J connectivity index is 1.49. The van der Waals surface area contributed by atoms with E-state index in [4.69, 9.17) is 0 Å². The number of rotatable bonds is 5. The first-order chi connectivity index (χ1) is 12.1. The van der Waals surface area contributed by atoms with Crippen LogP contribution in [-0.4, -0.2) is 53.5 Å². The van der Waals surface area contributed by atoms with Gasteiger partial charge < -0.3 is 15.1 Å². The van der Waals surface area contributed by atoms with E-state index in [2.05, 4.69) is 20.2 Å². The summed E-state index contributed by atoms with van der Waals surface area (Å²) >= 11 is 0. The number of carbonyl (C=O) groups excluding carboxylic acids is 1. The summed E-state index contributed by atoms with van der Waals surface area (Å²) in [5.41, 5.74) is 0.400. The van der Waals surface area contributed by atoms with Gasteiger partial charge in [0, 0.05) is 30.2 Å². The van der Waals surface area contributed by atoms with Crippen molar-refractivity contribution < 1.29 is 14.6 Å². The molecule has 1 amide bonds. The van der Waals surface area contributed by atoms with E-state index in [1.54, 1.807) is 30.6 Å². The molecule has 1 aliphatic rings. The van der Waals surface area contributed by atoms with Crippen LogP contribution in [0.5, 0.6) is 0 Å². The fourth-order valence-electron chi connectivity index (χ4n) is 2.78. The molecule has 2 heterocycles. The Bertz CT molecular complexity index is 747. The second-order valence-electron chi connectivity index (χ2n) is 5.82. The number of hydrogen-bond acceptors (Lipinski definition) is 6. The highest BCUT2D eigenvalue weighted by molar-refractivity contribution is 5.91. The number of anilines is 2. The summed E-state index contributed by atoms with van der Waals surface area (Å²) in [6.07, 6.45) is 3.43. The van der Waals surface area contributed by atoms with E-state index < -0.39 is 4.92 Å². The van der Waals surface area contributed by atoms with Gasteiger partial charge in [-0.3, -0.25) is 14.9 Å². The Morgan fingerprint density at radius 3 is 2.64 bits per heavy atom. The highest BCUT2D eigenvalue weighted by Crippen LogP contribution is 2.16. The number of nitrogens with one attached hydrogen (secondary N) is 2. The Morgan fingerprint density at radius 2 is 1.96 bits per heavy atom. The molecule has 0 spiro atoms. The summed E-state index contributed by atoms with van der Waals surface area (Å²) in [6.45, 7) is 3.50. The third-order valence-corrected chi connectivity index (χ3v) is 4.06. The van der Waals surface area contributed by atoms with E-state index in [1.807, 2.05) is 0 Å². The molecular weight excluding hydrogens is 324 g/mol. The number of nitro benzene ring substituents is 1. The molecule has 1 fully saturated rings.